The Morgan fingerprint density at radius 3 is 2.24 bits per heavy atom. The average Bonchev–Trinajstić information content (AvgIpc) is 3.72. The van der Waals surface area contributed by atoms with Gasteiger partial charge in [0.1, 0.15) is 35.3 Å². The van der Waals surface area contributed by atoms with E-state index in [0.29, 0.717) is 45.6 Å². The van der Waals surface area contributed by atoms with Crippen LogP contribution in [0.25, 0.3) is 11.0 Å². The first kappa shape index (κ1) is 63.7. The molecule has 4 saturated heterocycles. The number of hydrogen-bond donors (Lipinski definition) is 4. The van der Waals surface area contributed by atoms with Crippen molar-refractivity contribution < 1.29 is 76.4 Å². The number of esters is 1. The Hall–Kier alpha value is -4.43. The number of carbonyl (C=O) groups excluding carboxylic acids is 3. The number of halogens is 1. The van der Waals surface area contributed by atoms with E-state index in [1.807, 2.05) is 79.4 Å². The fourth-order valence-corrected chi connectivity index (χ4v) is 12.5. The maximum absolute atomic E-state index is 15.2. The molecule has 4 fully saturated rings. The Kier molecular flexibility index (Phi) is 21.2. The van der Waals surface area contributed by atoms with E-state index in [2.05, 4.69) is 15.6 Å². The number of fused-ring (bicyclic) bond motifs is 2. The third-order valence-electron chi connectivity index (χ3n) is 17.2. The number of aliphatic hydroxyl groups is 1. The van der Waals surface area contributed by atoms with Gasteiger partial charge in [-0.25, -0.2) is 19.0 Å². The average molecular weight is 1120 g/mol. The molecule has 1 amide bonds. The smallest absolute Gasteiger partial charge is 0.408 e. The van der Waals surface area contributed by atoms with Crippen LogP contribution in [0.3, 0.4) is 0 Å². The van der Waals surface area contributed by atoms with Crippen molar-refractivity contribution in [2.24, 2.45) is 23.7 Å². The Bertz CT molecular complexity index is 2520. The lowest BCUT2D eigenvalue weighted by molar-refractivity contribution is -0.322. The van der Waals surface area contributed by atoms with Crippen LogP contribution in [0.2, 0.25) is 0 Å². The van der Waals surface area contributed by atoms with Gasteiger partial charge in [-0.15, -0.1) is 0 Å². The number of nitrogens with zero attached hydrogens (tertiary/aromatic N) is 4. The zero-order valence-corrected chi connectivity index (χ0v) is 49.2. The minimum atomic E-state index is -1.41. The van der Waals surface area contributed by atoms with Crippen LogP contribution in [0.5, 0.6) is 0 Å². The molecule has 22 nitrogen and oxygen atoms in total. The molecule has 79 heavy (non-hydrogen) atoms. The van der Waals surface area contributed by atoms with Gasteiger partial charge in [-0.3, -0.25) is 14.4 Å². The van der Waals surface area contributed by atoms with E-state index in [1.54, 1.807) is 34.8 Å². The Labute approximate surface area is 463 Å². The van der Waals surface area contributed by atoms with Crippen LogP contribution >= 0.6 is 0 Å². The number of pyridine rings is 2. The lowest BCUT2D eigenvalue weighted by Crippen LogP contribution is -2.61. The van der Waals surface area contributed by atoms with Crippen molar-refractivity contribution in [3.05, 3.63) is 33.9 Å². The number of amides is 1. The number of aliphatic hydroxyl groups excluding tert-OH is 1. The molecule has 2 aromatic heterocycles. The molecule has 0 spiro atoms. The van der Waals surface area contributed by atoms with Crippen molar-refractivity contribution >= 4 is 40.7 Å². The molecule has 23 heteroatoms. The lowest BCUT2D eigenvalue weighted by atomic mass is 9.73. The summed E-state index contributed by atoms with van der Waals surface area (Å²) in [6, 6.07) is -0.137. The number of rotatable bonds is 19. The van der Waals surface area contributed by atoms with Gasteiger partial charge >= 0.3 is 18.0 Å². The molecular formula is C56H89FN6O16. The van der Waals surface area contributed by atoms with Crippen molar-refractivity contribution in [1.29, 1.82) is 0 Å². The van der Waals surface area contributed by atoms with E-state index in [9.17, 15) is 34.2 Å². The van der Waals surface area contributed by atoms with E-state index in [0.717, 1.165) is 6.07 Å². The highest BCUT2D eigenvalue weighted by molar-refractivity contribution is 5.92. The number of alkyl carbamates (subject to hydrolysis) is 1. The third-order valence-corrected chi connectivity index (χ3v) is 17.2. The molecule has 0 aliphatic carbocycles. The number of aromatic nitrogens is 2. The fraction of sp³-hybridized carbons (Fsp3) is 0.786. The lowest BCUT2D eigenvalue weighted by Gasteiger charge is -2.50. The molecule has 0 saturated carbocycles. The van der Waals surface area contributed by atoms with E-state index in [-0.39, 0.29) is 54.0 Å². The van der Waals surface area contributed by atoms with Gasteiger partial charge in [0.25, 0.3) is 0 Å². The molecule has 4 N–H and O–H groups in total. The Morgan fingerprint density at radius 1 is 0.949 bits per heavy atom. The molecule has 18 atom stereocenters. The van der Waals surface area contributed by atoms with Crippen LogP contribution in [0, 0.1) is 29.5 Å². The summed E-state index contributed by atoms with van der Waals surface area (Å²) in [6.07, 6.45) is -5.41. The van der Waals surface area contributed by atoms with Gasteiger partial charge in [0.05, 0.1) is 53.0 Å². The Balaban J connectivity index is 1.20. The summed E-state index contributed by atoms with van der Waals surface area (Å²) in [6.45, 7) is 22.0. The molecule has 6 rings (SSSR count). The van der Waals surface area contributed by atoms with Crippen molar-refractivity contribution in [1.82, 2.24) is 24.7 Å². The number of anilines is 1. The number of hydrogen-bond acceptors (Lipinski definition) is 19. The zero-order chi connectivity index (χ0) is 58.6. The molecule has 1 unspecified atom stereocenters. The quantitative estimate of drug-likeness (QED) is 0.104. The standard InChI is InChI=1S/C56H89FN6O16/c1-17-39-56(11)45(59-53(70)79-56)31(5)41(64)29(3)26-54(9,71-15)46(78-52-43(66)38(61(12)13)24-30(4)74-52)32(6)44(33(7)51(69)76-39)77-40-27-55(10,72-16)47(34(8)75-40)73-23-19-21-62(14)22-20-58-48-37(57)25-35-42(65)36(50(67)68)28-63(18-2)49(35)60-48/h25,28-34,38-40,43-47,52,66H,17-24,26-27H2,1-16H3,(H,58,60)(H,59,70)(H,67,68)/t29-,30-,31?,32+,33-,34+,38+,39-,40+,43-,44+,45-,46-,47+,52+,54-,55-,56-/m1/s1. The van der Waals surface area contributed by atoms with E-state index < -0.39 is 131 Å². The number of carbonyl (C=O) groups is 4. The van der Waals surface area contributed by atoms with Gasteiger partial charge in [-0.1, -0.05) is 27.7 Å². The fourth-order valence-electron chi connectivity index (χ4n) is 12.5. The third kappa shape index (κ3) is 13.7. The van der Waals surface area contributed by atoms with E-state index >= 15 is 4.39 Å². The largest absolute Gasteiger partial charge is 0.477 e. The van der Waals surface area contributed by atoms with Gasteiger partial charge in [0, 0.05) is 83.4 Å². The summed E-state index contributed by atoms with van der Waals surface area (Å²) in [4.78, 5) is 75.2. The van der Waals surface area contributed by atoms with Crippen molar-refractivity contribution in [2.45, 2.75) is 199 Å². The van der Waals surface area contributed by atoms with Gasteiger partial charge in [0.2, 0.25) is 5.43 Å². The van der Waals surface area contributed by atoms with Gasteiger partial charge < -0.3 is 77.8 Å². The summed E-state index contributed by atoms with van der Waals surface area (Å²) in [5.74, 6) is -6.23. The second-order valence-electron chi connectivity index (χ2n) is 23.2. The molecule has 4 aliphatic rings. The van der Waals surface area contributed by atoms with Gasteiger partial charge in [0.15, 0.2) is 29.8 Å². The summed E-state index contributed by atoms with van der Waals surface area (Å²) in [5.41, 5.74) is -4.72. The first-order valence-electron chi connectivity index (χ1n) is 27.9. The van der Waals surface area contributed by atoms with E-state index in [4.69, 9.17) is 42.6 Å². The van der Waals surface area contributed by atoms with Crippen LogP contribution in [0.15, 0.2) is 17.1 Å². The van der Waals surface area contributed by atoms with Crippen molar-refractivity contribution in [3.8, 4) is 0 Å². The summed E-state index contributed by atoms with van der Waals surface area (Å²) in [7, 11) is 8.81. The van der Waals surface area contributed by atoms with Crippen LogP contribution in [0.4, 0.5) is 15.0 Å². The maximum Gasteiger partial charge on any atom is 0.408 e. The Morgan fingerprint density at radius 2 is 1.62 bits per heavy atom. The number of cyclic esters (lactones) is 1. The SMILES string of the molecule is CC[C@H]1OC(=O)[C@H](C)[C@@H](O[C@H]2C[C@@](C)(OC)[C@@H](OCCCN(C)CCNc3nc4c(cc3F)c(=O)c(C(=O)O)cn4CC)[C@H](C)O2)[C@H](C)[C@@H](O[C@@H]2O[C@H](C)C[C@H](N(C)C)[C@H]2O)[C@](C)(OC)C[C@@H](C)C(=O)C(C)[C@H]2NC(=O)O[C@@]21C. The first-order valence-corrected chi connectivity index (χ1v) is 27.9. The minimum absolute atomic E-state index is 0.0547. The monoisotopic (exact) mass is 1120 g/mol. The summed E-state index contributed by atoms with van der Waals surface area (Å²) in [5, 5.41) is 27.1. The summed E-state index contributed by atoms with van der Waals surface area (Å²) >= 11 is 0. The number of ketones is 1. The molecule has 0 aromatic carbocycles. The predicted molar refractivity (Wildman–Crippen MR) is 289 cm³/mol. The number of nitrogens with one attached hydrogen (secondary N) is 2. The number of carboxylic acid groups (broad SMARTS) is 1. The highest BCUT2D eigenvalue weighted by Crippen LogP contribution is 2.43. The van der Waals surface area contributed by atoms with Crippen molar-refractivity contribution in [3.63, 3.8) is 0 Å². The zero-order valence-electron chi connectivity index (χ0n) is 49.2. The molecular weight excluding hydrogens is 1030 g/mol. The number of aryl methyl sites for hydroxylation is 1. The number of carboxylic acids is 1. The molecule has 446 valence electrons. The minimum Gasteiger partial charge on any atom is -0.477 e. The first-order chi connectivity index (χ1) is 37.1. The van der Waals surface area contributed by atoms with Crippen LogP contribution in [-0.2, 0) is 58.8 Å². The van der Waals surface area contributed by atoms with Gasteiger partial charge in [-0.05, 0) is 101 Å². The highest BCUT2D eigenvalue weighted by Gasteiger charge is 2.58. The normalized spacial score (nSPS) is 36.9. The number of methoxy groups -OCH3 is 2. The number of aromatic carboxylic acids is 1. The molecule has 0 radical (unpaired) electrons. The van der Waals surface area contributed by atoms with Crippen molar-refractivity contribution in [2.75, 3.05) is 66.9 Å². The van der Waals surface area contributed by atoms with Crippen LogP contribution in [-0.4, -0.2) is 199 Å². The second-order valence-corrected chi connectivity index (χ2v) is 23.2. The topological polar surface area (TPSA) is 257 Å². The maximum atomic E-state index is 15.2. The highest BCUT2D eigenvalue weighted by atomic mass is 19.1. The van der Waals surface area contributed by atoms with Crippen LogP contribution < -0.4 is 16.1 Å². The molecule has 4 aliphatic heterocycles. The second kappa shape index (κ2) is 26.2. The summed E-state index contributed by atoms with van der Waals surface area (Å²) < 4.78 is 75.3. The van der Waals surface area contributed by atoms with E-state index in [1.165, 1.54) is 17.9 Å². The number of ether oxygens (including phenoxy) is 9. The molecule has 6 heterocycles. The molecule has 2 aromatic rings. The van der Waals surface area contributed by atoms with Gasteiger partial charge in [-0.2, -0.15) is 0 Å². The number of Topliss-reactive ketones (excluding diaryl/α,β-unsaturated/α-hetero) is 1. The number of likely N-dealkylation sites (N-methyl/N-ethyl adjacent to an activating group) is 2. The molecule has 0 bridgehead atoms. The predicted octanol–water partition coefficient (Wildman–Crippen LogP) is 5.22. The van der Waals surface area contributed by atoms with Crippen LogP contribution in [0.1, 0.15) is 119 Å².